The number of para-hydroxylation sites is 1. The highest BCUT2D eigenvalue weighted by molar-refractivity contribution is 6.14. The van der Waals surface area contributed by atoms with Crippen molar-refractivity contribution in [3.63, 3.8) is 0 Å². The lowest BCUT2D eigenvalue weighted by molar-refractivity contribution is -0.111. The van der Waals surface area contributed by atoms with E-state index < -0.39 is 0 Å². The zero-order chi connectivity index (χ0) is 17.5. The third kappa shape index (κ3) is 4.79. The summed E-state index contributed by atoms with van der Waals surface area (Å²) in [6.07, 6.45) is 3.30. The van der Waals surface area contributed by atoms with Crippen molar-refractivity contribution < 1.29 is 4.79 Å². The molecule has 0 saturated carbocycles. The van der Waals surface area contributed by atoms with Crippen molar-refractivity contribution in [3.8, 4) is 0 Å². The number of carbonyl (C=O) groups is 1. The van der Waals surface area contributed by atoms with Gasteiger partial charge in [-0.05, 0) is 32.3 Å². The molecule has 2 aromatic carbocycles. The Morgan fingerprint density at radius 3 is 2.67 bits per heavy atom. The van der Waals surface area contributed by atoms with Gasteiger partial charge in [0, 0.05) is 35.1 Å². The number of nitrogens with zero attached hydrogens (tertiary/aromatic N) is 1. The van der Waals surface area contributed by atoms with E-state index in [9.17, 15) is 4.79 Å². The summed E-state index contributed by atoms with van der Waals surface area (Å²) >= 11 is 0. The molecule has 24 heavy (non-hydrogen) atoms. The van der Waals surface area contributed by atoms with Crippen LogP contribution in [0.5, 0.6) is 0 Å². The first-order valence-electron chi connectivity index (χ1n) is 7.63. The summed E-state index contributed by atoms with van der Waals surface area (Å²) in [7, 11) is 3.87. The summed E-state index contributed by atoms with van der Waals surface area (Å²) in [5, 5.41) is 11.1. The normalized spacial score (nSPS) is 11.0. The Kier molecular flexibility index (Phi) is 5.87. The van der Waals surface area contributed by atoms with Crippen LogP contribution < -0.4 is 11.1 Å². The van der Waals surface area contributed by atoms with Crippen LogP contribution in [0, 0.1) is 5.41 Å². The summed E-state index contributed by atoms with van der Waals surface area (Å²) in [6, 6.07) is 14.5. The molecule has 0 atom stereocenters. The van der Waals surface area contributed by atoms with Gasteiger partial charge < -0.3 is 16.0 Å². The number of anilines is 2. The molecule has 0 unspecified atom stereocenters. The average molecular weight is 322 g/mol. The molecule has 1 amide bonds. The van der Waals surface area contributed by atoms with Gasteiger partial charge in [-0.15, -0.1) is 0 Å². The van der Waals surface area contributed by atoms with Crippen molar-refractivity contribution in [2.45, 2.75) is 0 Å². The van der Waals surface area contributed by atoms with Gasteiger partial charge in [0.05, 0.1) is 5.71 Å². The second kappa shape index (κ2) is 8.08. The number of rotatable bonds is 6. The minimum Gasteiger partial charge on any atom is -0.398 e. The van der Waals surface area contributed by atoms with Crippen LogP contribution in [0.2, 0.25) is 0 Å². The van der Waals surface area contributed by atoms with Gasteiger partial charge in [0.25, 0.3) is 0 Å². The fraction of sp³-hybridized carbons (Fsp3) is 0.158. The standard InChI is InChI=1S/C19H22N4O/c1-23(2)12-6-11-18(24)22-15-8-5-7-14(13-15)19(21)16-9-3-4-10-17(16)20/h3-11,13,21H,12,20H2,1-2H3,(H,22,24)/b11-6+,21-19?. The van der Waals surface area contributed by atoms with Crippen LogP contribution in [0.3, 0.4) is 0 Å². The highest BCUT2D eigenvalue weighted by atomic mass is 16.1. The monoisotopic (exact) mass is 322 g/mol. The molecule has 0 radical (unpaired) electrons. The predicted molar refractivity (Wildman–Crippen MR) is 99.6 cm³/mol. The van der Waals surface area contributed by atoms with E-state index in [1.165, 1.54) is 6.08 Å². The molecular weight excluding hydrogens is 300 g/mol. The smallest absolute Gasteiger partial charge is 0.248 e. The van der Waals surface area contributed by atoms with Gasteiger partial charge in [0.2, 0.25) is 5.91 Å². The van der Waals surface area contributed by atoms with E-state index in [2.05, 4.69) is 5.32 Å². The molecular formula is C19H22N4O. The molecule has 0 aliphatic carbocycles. The van der Waals surface area contributed by atoms with Crippen LogP contribution in [0.4, 0.5) is 11.4 Å². The van der Waals surface area contributed by atoms with Gasteiger partial charge >= 0.3 is 0 Å². The third-order valence-corrected chi connectivity index (χ3v) is 3.39. The Labute approximate surface area is 142 Å². The van der Waals surface area contributed by atoms with Crippen LogP contribution >= 0.6 is 0 Å². The highest BCUT2D eigenvalue weighted by Crippen LogP contribution is 2.18. The Morgan fingerprint density at radius 2 is 1.96 bits per heavy atom. The molecule has 4 N–H and O–H groups in total. The maximum atomic E-state index is 11.9. The van der Waals surface area contributed by atoms with E-state index in [-0.39, 0.29) is 5.91 Å². The topological polar surface area (TPSA) is 82.2 Å². The van der Waals surface area contributed by atoms with Crippen molar-refractivity contribution in [2.24, 2.45) is 0 Å². The average Bonchev–Trinajstić information content (AvgIpc) is 2.54. The number of benzene rings is 2. The largest absolute Gasteiger partial charge is 0.398 e. The number of nitrogens with two attached hydrogens (primary N) is 1. The lowest BCUT2D eigenvalue weighted by Crippen LogP contribution is -2.13. The quantitative estimate of drug-likeness (QED) is 0.434. The van der Waals surface area contributed by atoms with Crippen LogP contribution in [0.25, 0.3) is 0 Å². The number of hydrogen-bond donors (Lipinski definition) is 3. The van der Waals surface area contributed by atoms with Crippen molar-refractivity contribution in [1.82, 2.24) is 4.90 Å². The molecule has 0 spiro atoms. The molecule has 5 heteroatoms. The van der Waals surface area contributed by atoms with Crippen molar-refractivity contribution in [1.29, 1.82) is 5.41 Å². The Balaban J connectivity index is 2.12. The van der Waals surface area contributed by atoms with Crippen LogP contribution in [-0.4, -0.2) is 37.2 Å². The first-order valence-corrected chi connectivity index (χ1v) is 7.63. The molecule has 124 valence electrons. The minimum absolute atomic E-state index is 0.195. The predicted octanol–water partition coefficient (Wildman–Crippen LogP) is 2.74. The zero-order valence-corrected chi connectivity index (χ0v) is 13.9. The maximum absolute atomic E-state index is 11.9. The van der Waals surface area contributed by atoms with E-state index in [4.69, 9.17) is 11.1 Å². The van der Waals surface area contributed by atoms with E-state index in [0.717, 1.165) is 0 Å². The number of hydrogen-bond acceptors (Lipinski definition) is 4. The van der Waals surface area contributed by atoms with Crippen molar-refractivity contribution >= 4 is 23.0 Å². The van der Waals surface area contributed by atoms with Gasteiger partial charge in [0.15, 0.2) is 0 Å². The van der Waals surface area contributed by atoms with Crippen molar-refractivity contribution in [3.05, 3.63) is 71.8 Å². The SMILES string of the molecule is CN(C)C/C=C/C(=O)Nc1cccc(C(=N)c2ccccc2N)c1. The van der Waals surface area contributed by atoms with Crippen molar-refractivity contribution in [2.75, 3.05) is 31.7 Å². The molecule has 0 aromatic heterocycles. The molecule has 0 saturated heterocycles. The highest BCUT2D eigenvalue weighted by Gasteiger charge is 2.09. The van der Waals surface area contributed by atoms with Gasteiger partial charge in [0.1, 0.15) is 0 Å². The summed E-state index contributed by atoms with van der Waals surface area (Å²) in [4.78, 5) is 13.9. The van der Waals surface area contributed by atoms with Gasteiger partial charge in [-0.2, -0.15) is 0 Å². The first-order chi connectivity index (χ1) is 11.5. The Morgan fingerprint density at radius 1 is 1.21 bits per heavy atom. The second-order valence-corrected chi connectivity index (χ2v) is 5.70. The van der Waals surface area contributed by atoms with E-state index in [1.807, 2.05) is 49.3 Å². The number of nitrogen functional groups attached to an aromatic ring is 1. The maximum Gasteiger partial charge on any atom is 0.248 e. The number of carbonyl (C=O) groups excluding carboxylic acids is 1. The summed E-state index contributed by atoms with van der Waals surface area (Å²) in [5.74, 6) is -0.195. The van der Waals surface area contributed by atoms with Gasteiger partial charge in [-0.25, -0.2) is 0 Å². The van der Waals surface area contributed by atoms with E-state index in [1.54, 1.807) is 24.3 Å². The fourth-order valence-electron chi connectivity index (χ4n) is 2.19. The van der Waals surface area contributed by atoms with Gasteiger partial charge in [-0.3, -0.25) is 10.2 Å². The first kappa shape index (κ1) is 17.4. The van der Waals surface area contributed by atoms with Gasteiger partial charge in [-0.1, -0.05) is 36.4 Å². The second-order valence-electron chi connectivity index (χ2n) is 5.70. The number of nitrogens with one attached hydrogen (secondary N) is 2. The molecule has 0 aliphatic rings. The van der Waals surface area contributed by atoms with Crippen LogP contribution in [-0.2, 0) is 4.79 Å². The third-order valence-electron chi connectivity index (χ3n) is 3.39. The minimum atomic E-state index is -0.195. The molecule has 0 fully saturated rings. The molecule has 2 rings (SSSR count). The lowest BCUT2D eigenvalue weighted by atomic mass is 10.0. The lowest BCUT2D eigenvalue weighted by Gasteiger charge is -2.09. The Bertz CT molecular complexity index is 765. The molecule has 0 bridgehead atoms. The number of amides is 1. The molecule has 2 aromatic rings. The molecule has 5 nitrogen and oxygen atoms in total. The fourth-order valence-corrected chi connectivity index (χ4v) is 2.19. The molecule has 0 aliphatic heterocycles. The Hall–Kier alpha value is -2.92. The summed E-state index contributed by atoms with van der Waals surface area (Å²) in [5.41, 5.74) is 8.83. The van der Waals surface area contributed by atoms with Crippen LogP contribution in [0.1, 0.15) is 11.1 Å². The van der Waals surface area contributed by atoms with E-state index in [0.29, 0.717) is 34.8 Å². The zero-order valence-electron chi connectivity index (χ0n) is 13.9. The molecule has 0 heterocycles. The van der Waals surface area contributed by atoms with Crippen LogP contribution in [0.15, 0.2) is 60.7 Å². The van der Waals surface area contributed by atoms with E-state index >= 15 is 0 Å². The summed E-state index contributed by atoms with van der Waals surface area (Å²) in [6.45, 7) is 0.700. The summed E-state index contributed by atoms with van der Waals surface area (Å²) < 4.78 is 0. The number of likely N-dealkylation sites (N-methyl/N-ethyl adjacent to an activating group) is 1.